The van der Waals surface area contributed by atoms with Crippen LogP contribution in [0.1, 0.15) is 32.4 Å². The average Bonchev–Trinajstić information content (AvgIpc) is 2.15. The molecular formula is C12H17F2NO2. The van der Waals surface area contributed by atoms with Crippen molar-refractivity contribution in [2.24, 2.45) is 0 Å². The van der Waals surface area contributed by atoms with Gasteiger partial charge in [0.05, 0.1) is 0 Å². The zero-order valence-electron chi connectivity index (χ0n) is 10.1. The van der Waals surface area contributed by atoms with Crippen LogP contribution in [0.3, 0.4) is 0 Å². The highest BCUT2D eigenvalue weighted by Crippen LogP contribution is 2.23. The Morgan fingerprint density at radius 3 is 2.18 bits per heavy atom. The predicted octanol–water partition coefficient (Wildman–Crippen LogP) is 2.67. The van der Waals surface area contributed by atoms with E-state index in [-0.39, 0.29) is 11.8 Å². The second kappa shape index (κ2) is 5.42. The minimum atomic E-state index is -3.18. The number of rotatable bonds is 5. The molecular weight excluding hydrogens is 228 g/mol. The van der Waals surface area contributed by atoms with Crippen molar-refractivity contribution in [2.75, 3.05) is 0 Å². The van der Waals surface area contributed by atoms with Crippen LogP contribution in [0.5, 0.6) is 5.75 Å². The molecule has 1 aromatic carbocycles. The van der Waals surface area contributed by atoms with Crippen molar-refractivity contribution in [1.82, 2.24) is 5.32 Å². The van der Waals surface area contributed by atoms with E-state index in [1.165, 1.54) is 12.1 Å². The molecule has 2 atom stereocenters. The van der Waals surface area contributed by atoms with Gasteiger partial charge in [-0.25, -0.2) is 0 Å². The first kappa shape index (κ1) is 13.9. The quantitative estimate of drug-likeness (QED) is 0.784. The maximum absolute atomic E-state index is 12.6. The van der Waals surface area contributed by atoms with Gasteiger partial charge in [0.2, 0.25) is 0 Å². The highest BCUT2D eigenvalue weighted by atomic mass is 19.3. The number of alkyl halides is 2. The SMILES string of the molecule is CC(O)NC(C)c1ccc(OC(C)(F)F)cc1. The van der Waals surface area contributed by atoms with Gasteiger partial charge in [0, 0.05) is 13.0 Å². The second-order valence-electron chi connectivity index (χ2n) is 4.04. The van der Waals surface area contributed by atoms with Crippen LogP contribution < -0.4 is 10.1 Å². The maximum atomic E-state index is 12.6. The minimum Gasteiger partial charge on any atom is -0.433 e. The fourth-order valence-electron chi connectivity index (χ4n) is 1.49. The number of aliphatic hydroxyl groups is 1. The molecule has 17 heavy (non-hydrogen) atoms. The van der Waals surface area contributed by atoms with Crippen molar-refractivity contribution in [1.29, 1.82) is 0 Å². The Kier molecular flexibility index (Phi) is 4.42. The summed E-state index contributed by atoms with van der Waals surface area (Å²) in [7, 11) is 0. The molecule has 0 amide bonds. The summed E-state index contributed by atoms with van der Waals surface area (Å²) < 4.78 is 29.6. The molecule has 2 N–H and O–H groups in total. The fraction of sp³-hybridized carbons (Fsp3) is 0.500. The summed E-state index contributed by atoms with van der Waals surface area (Å²) in [6.07, 6.45) is -3.80. The van der Waals surface area contributed by atoms with E-state index in [2.05, 4.69) is 10.1 Å². The fourth-order valence-corrected chi connectivity index (χ4v) is 1.49. The van der Waals surface area contributed by atoms with Gasteiger partial charge in [0.25, 0.3) is 0 Å². The van der Waals surface area contributed by atoms with Gasteiger partial charge >= 0.3 is 6.11 Å². The van der Waals surface area contributed by atoms with E-state index >= 15 is 0 Å². The number of hydrogen-bond donors (Lipinski definition) is 2. The van der Waals surface area contributed by atoms with Crippen molar-refractivity contribution in [2.45, 2.75) is 39.1 Å². The molecule has 0 saturated carbocycles. The first-order valence-electron chi connectivity index (χ1n) is 5.39. The van der Waals surface area contributed by atoms with Gasteiger partial charge in [-0.05, 0) is 31.5 Å². The number of nitrogens with one attached hydrogen (secondary N) is 1. The van der Waals surface area contributed by atoms with E-state index in [9.17, 15) is 8.78 Å². The van der Waals surface area contributed by atoms with Crippen molar-refractivity contribution in [3.05, 3.63) is 29.8 Å². The van der Waals surface area contributed by atoms with Gasteiger partial charge in [-0.15, -0.1) is 0 Å². The molecule has 3 nitrogen and oxygen atoms in total. The first-order valence-corrected chi connectivity index (χ1v) is 5.39. The Labute approximate surface area is 99.4 Å². The molecule has 0 aromatic heterocycles. The monoisotopic (exact) mass is 245 g/mol. The van der Waals surface area contributed by atoms with Crippen LogP contribution in [0.4, 0.5) is 8.78 Å². The van der Waals surface area contributed by atoms with Crippen LogP contribution in [-0.4, -0.2) is 17.4 Å². The summed E-state index contributed by atoms with van der Waals surface area (Å²) >= 11 is 0. The van der Waals surface area contributed by atoms with Gasteiger partial charge in [-0.1, -0.05) is 12.1 Å². The molecule has 1 rings (SSSR count). The van der Waals surface area contributed by atoms with Crippen LogP contribution in [0.15, 0.2) is 24.3 Å². The van der Waals surface area contributed by atoms with Gasteiger partial charge in [-0.2, -0.15) is 8.78 Å². The summed E-state index contributed by atoms with van der Waals surface area (Å²) in [5.41, 5.74) is 0.887. The van der Waals surface area contributed by atoms with Crippen LogP contribution in [0, 0.1) is 0 Å². The average molecular weight is 245 g/mol. The van der Waals surface area contributed by atoms with E-state index in [1.807, 2.05) is 6.92 Å². The van der Waals surface area contributed by atoms with Crippen LogP contribution in [0.25, 0.3) is 0 Å². The number of aliphatic hydroxyl groups excluding tert-OH is 1. The molecule has 0 aliphatic carbocycles. The third-order valence-corrected chi connectivity index (χ3v) is 2.17. The topological polar surface area (TPSA) is 41.5 Å². The third-order valence-electron chi connectivity index (χ3n) is 2.17. The summed E-state index contributed by atoms with van der Waals surface area (Å²) in [4.78, 5) is 0. The summed E-state index contributed by atoms with van der Waals surface area (Å²) in [6.45, 7) is 4.18. The molecule has 0 bridgehead atoms. The number of ether oxygens (including phenoxy) is 1. The number of benzene rings is 1. The van der Waals surface area contributed by atoms with E-state index in [0.717, 1.165) is 5.56 Å². The van der Waals surface area contributed by atoms with Crippen molar-refractivity contribution in [3.8, 4) is 5.75 Å². The van der Waals surface area contributed by atoms with Crippen LogP contribution in [0.2, 0.25) is 0 Å². The second-order valence-corrected chi connectivity index (χ2v) is 4.04. The molecule has 0 heterocycles. The highest BCUT2D eigenvalue weighted by molar-refractivity contribution is 5.29. The van der Waals surface area contributed by atoms with Gasteiger partial charge < -0.3 is 9.84 Å². The van der Waals surface area contributed by atoms with Crippen LogP contribution >= 0.6 is 0 Å². The lowest BCUT2D eigenvalue weighted by atomic mass is 10.1. The molecule has 5 heteroatoms. The number of halogens is 2. The molecule has 0 radical (unpaired) electrons. The van der Waals surface area contributed by atoms with Gasteiger partial charge in [0.15, 0.2) is 0 Å². The molecule has 1 aromatic rings. The Bertz CT molecular complexity index is 347. The Hall–Kier alpha value is -1.20. The maximum Gasteiger partial charge on any atom is 0.394 e. The van der Waals surface area contributed by atoms with E-state index in [1.54, 1.807) is 19.1 Å². The molecule has 0 aliphatic heterocycles. The number of hydrogen-bond acceptors (Lipinski definition) is 3. The van der Waals surface area contributed by atoms with Crippen molar-refractivity contribution in [3.63, 3.8) is 0 Å². The molecule has 0 spiro atoms. The third kappa shape index (κ3) is 5.10. The Balaban J connectivity index is 2.67. The zero-order chi connectivity index (χ0) is 13.1. The Morgan fingerprint density at radius 2 is 1.76 bits per heavy atom. The standard InChI is InChI=1S/C12H17F2NO2/c1-8(15-9(2)16)10-4-6-11(7-5-10)17-12(3,13)14/h4-9,15-16H,1-3H3. The van der Waals surface area contributed by atoms with Gasteiger partial charge in [-0.3, -0.25) is 5.32 Å². The predicted molar refractivity (Wildman–Crippen MR) is 60.9 cm³/mol. The largest absolute Gasteiger partial charge is 0.433 e. The molecule has 0 fully saturated rings. The van der Waals surface area contributed by atoms with Crippen LogP contribution in [-0.2, 0) is 0 Å². The lowest BCUT2D eigenvalue weighted by molar-refractivity contribution is -0.158. The molecule has 96 valence electrons. The van der Waals surface area contributed by atoms with E-state index in [0.29, 0.717) is 6.92 Å². The normalized spacial score (nSPS) is 15.4. The van der Waals surface area contributed by atoms with Gasteiger partial charge in [0.1, 0.15) is 12.0 Å². The van der Waals surface area contributed by atoms with Crippen molar-refractivity contribution >= 4 is 0 Å². The first-order chi connectivity index (χ1) is 7.78. The smallest absolute Gasteiger partial charge is 0.394 e. The zero-order valence-corrected chi connectivity index (χ0v) is 10.1. The summed E-state index contributed by atoms with van der Waals surface area (Å²) in [5.74, 6) is 0.116. The lowest BCUT2D eigenvalue weighted by Crippen LogP contribution is -2.28. The molecule has 0 aliphatic rings. The van der Waals surface area contributed by atoms with E-state index in [4.69, 9.17) is 5.11 Å². The minimum absolute atomic E-state index is 0.0637. The lowest BCUT2D eigenvalue weighted by Gasteiger charge is -2.17. The Morgan fingerprint density at radius 1 is 1.24 bits per heavy atom. The summed E-state index contributed by atoms with van der Waals surface area (Å²) in [5, 5.41) is 12.0. The van der Waals surface area contributed by atoms with Crippen molar-refractivity contribution < 1.29 is 18.6 Å². The molecule has 0 saturated heterocycles. The van der Waals surface area contributed by atoms with E-state index < -0.39 is 12.3 Å². The molecule has 2 unspecified atom stereocenters. The summed E-state index contributed by atoms with van der Waals surface area (Å²) in [6, 6.07) is 6.26. The highest BCUT2D eigenvalue weighted by Gasteiger charge is 2.23.